The highest BCUT2D eigenvalue weighted by atomic mass is 16.3. The molecule has 0 unspecified atom stereocenters. The average Bonchev–Trinajstić information content (AvgIpc) is 3.55. The first-order valence-electron chi connectivity index (χ1n) is 17.7. The molecule has 0 spiro atoms. The smallest absolute Gasteiger partial charge is 0.143 e. The van der Waals surface area contributed by atoms with Gasteiger partial charge in [-0.25, -0.2) is 0 Å². The van der Waals surface area contributed by atoms with Gasteiger partial charge in [-0.15, -0.1) is 0 Å². The molecule has 0 radical (unpaired) electrons. The predicted octanol–water partition coefficient (Wildman–Crippen LogP) is 13.7. The zero-order valence-electron chi connectivity index (χ0n) is 28.6. The summed E-state index contributed by atoms with van der Waals surface area (Å²) in [4.78, 5) is 0. The first-order chi connectivity index (χ1) is 25.1. The van der Waals surface area contributed by atoms with E-state index in [1.165, 1.54) is 43.8 Å². The van der Waals surface area contributed by atoms with Gasteiger partial charge in [-0.1, -0.05) is 158 Å². The highest BCUT2D eigenvalue weighted by Crippen LogP contribution is 2.48. The van der Waals surface area contributed by atoms with Gasteiger partial charge < -0.3 is 4.42 Å². The van der Waals surface area contributed by atoms with Crippen molar-refractivity contribution in [2.24, 2.45) is 0 Å². The van der Waals surface area contributed by atoms with E-state index in [1.807, 2.05) is 54.6 Å². The van der Waals surface area contributed by atoms with Crippen LogP contribution in [0.1, 0.15) is 2.74 Å². The van der Waals surface area contributed by atoms with Crippen molar-refractivity contribution in [1.29, 1.82) is 0 Å². The van der Waals surface area contributed by atoms with E-state index in [4.69, 9.17) is 7.16 Å². The Kier molecular flexibility index (Phi) is 5.79. The van der Waals surface area contributed by atoms with Gasteiger partial charge >= 0.3 is 0 Å². The molecule has 0 saturated carbocycles. The summed E-state index contributed by atoms with van der Waals surface area (Å²) in [6.45, 7) is 0. The van der Waals surface area contributed by atoms with E-state index in [-0.39, 0.29) is 0 Å². The van der Waals surface area contributed by atoms with E-state index in [0.717, 1.165) is 55.0 Å². The van der Waals surface area contributed by atoms with Crippen LogP contribution in [-0.4, -0.2) is 0 Å². The zero-order chi connectivity index (χ0) is 34.1. The Morgan fingerprint density at radius 3 is 1.73 bits per heavy atom. The summed E-state index contributed by atoms with van der Waals surface area (Å²) in [5.74, 6) is 0. The quantitative estimate of drug-likeness (QED) is 0.178. The van der Waals surface area contributed by atoms with Crippen molar-refractivity contribution in [3.63, 3.8) is 0 Å². The lowest BCUT2D eigenvalue weighted by Crippen LogP contribution is -1.93. The lowest BCUT2D eigenvalue weighted by Gasteiger charge is -2.20. The zero-order valence-corrected chi connectivity index (χ0v) is 26.6. The number of hydrogen-bond donors (Lipinski definition) is 0. The van der Waals surface area contributed by atoms with Gasteiger partial charge in [0.05, 0.1) is 2.74 Å². The van der Waals surface area contributed by atoms with E-state index in [1.54, 1.807) is 0 Å². The van der Waals surface area contributed by atoms with Gasteiger partial charge in [0.25, 0.3) is 0 Å². The van der Waals surface area contributed by atoms with Crippen LogP contribution in [0, 0.1) is 0 Å². The first kappa shape index (κ1) is 25.6. The largest absolute Gasteiger partial charge is 0.455 e. The van der Waals surface area contributed by atoms with Crippen LogP contribution in [0.4, 0.5) is 0 Å². The molecule has 10 rings (SSSR count). The third-order valence-corrected chi connectivity index (χ3v) is 9.92. The second-order valence-corrected chi connectivity index (χ2v) is 12.7. The van der Waals surface area contributed by atoms with Crippen LogP contribution >= 0.6 is 0 Å². The molecule has 0 atom stereocenters. The highest BCUT2D eigenvalue weighted by Gasteiger charge is 2.21. The molecule has 1 aromatic heterocycles. The van der Waals surface area contributed by atoms with Crippen molar-refractivity contribution in [3.8, 4) is 44.5 Å². The van der Waals surface area contributed by atoms with E-state index >= 15 is 0 Å². The van der Waals surface area contributed by atoms with Gasteiger partial charge in [0.15, 0.2) is 0 Å². The Hall–Kier alpha value is -6.44. The highest BCUT2D eigenvalue weighted by molar-refractivity contribution is 6.23. The second-order valence-electron chi connectivity index (χ2n) is 12.7. The monoisotopic (exact) mass is 624 g/mol. The molecular weight excluding hydrogens is 593 g/mol. The van der Waals surface area contributed by atoms with Crippen molar-refractivity contribution in [2.75, 3.05) is 0 Å². The Morgan fingerprint density at radius 2 is 0.980 bits per heavy atom. The molecule has 0 aliphatic rings. The summed E-state index contributed by atoms with van der Waals surface area (Å²) in [5.41, 5.74) is 10.8. The number of hydrogen-bond acceptors (Lipinski definition) is 1. The molecule has 10 aromatic rings. The van der Waals surface area contributed by atoms with Gasteiger partial charge in [0.2, 0.25) is 0 Å². The lowest BCUT2D eigenvalue weighted by molar-refractivity contribution is 0.670. The van der Waals surface area contributed by atoms with Crippen LogP contribution in [0.3, 0.4) is 0 Å². The Labute approximate surface area is 287 Å². The molecule has 0 saturated heterocycles. The van der Waals surface area contributed by atoms with Crippen LogP contribution in [0.15, 0.2) is 186 Å². The minimum Gasteiger partial charge on any atom is -0.455 e. The molecule has 0 bridgehead atoms. The number of fused-ring (bicyclic) bond motifs is 6. The molecule has 0 fully saturated rings. The standard InChI is InChI=1S/C48H30O/c1-2-15-32(16-3-1)43-29-35(30-44-37-19-12-13-25-45(37)49-48(43)44)46-39-21-8-10-23-41(39)47(42-24-11-9-22-40(42)46)38-20-7-6-18-36(38)34-27-26-31-14-4-5-17-33(31)28-34/h1-30H/i1D,4D. The minimum absolute atomic E-state index is 0.481. The summed E-state index contributed by atoms with van der Waals surface area (Å²) < 4.78 is 22.8. The third kappa shape index (κ3) is 4.40. The number of para-hydroxylation sites is 1. The topological polar surface area (TPSA) is 13.1 Å². The SMILES string of the molecule is [2H]c1ccc(-c2cc(-c3c4ccccc4c(-c4ccccc4-c4ccc5cc([2H])ccc5c4)c4ccccc34)cc3c2oc2ccccc23)cc1. The predicted molar refractivity (Wildman–Crippen MR) is 208 cm³/mol. The molecule has 0 aliphatic carbocycles. The molecule has 0 aliphatic heterocycles. The maximum absolute atomic E-state index is 8.14. The van der Waals surface area contributed by atoms with Crippen LogP contribution in [-0.2, 0) is 0 Å². The van der Waals surface area contributed by atoms with Crippen molar-refractivity contribution in [2.45, 2.75) is 0 Å². The van der Waals surface area contributed by atoms with Crippen molar-refractivity contribution < 1.29 is 7.16 Å². The van der Waals surface area contributed by atoms with Crippen LogP contribution in [0.2, 0.25) is 0 Å². The number of rotatable bonds is 4. The summed E-state index contributed by atoms with van der Waals surface area (Å²) in [5, 5.41) is 9.10. The molecule has 0 amide bonds. The molecule has 1 heteroatoms. The third-order valence-electron chi connectivity index (χ3n) is 9.92. The maximum Gasteiger partial charge on any atom is 0.143 e. The molecule has 49 heavy (non-hydrogen) atoms. The van der Waals surface area contributed by atoms with E-state index in [0.29, 0.717) is 12.1 Å². The van der Waals surface area contributed by atoms with Gasteiger partial charge in [-0.3, -0.25) is 0 Å². The van der Waals surface area contributed by atoms with E-state index in [2.05, 4.69) is 115 Å². The van der Waals surface area contributed by atoms with Gasteiger partial charge in [-0.2, -0.15) is 0 Å². The normalized spacial score (nSPS) is 12.2. The second kappa shape index (κ2) is 11.1. The van der Waals surface area contributed by atoms with Gasteiger partial charge in [0.1, 0.15) is 11.2 Å². The summed E-state index contributed by atoms with van der Waals surface area (Å²) >= 11 is 0. The van der Waals surface area contributed by atoms with Crippen molar-refractivity contribution >= 4 is 54.3 Å². The van der Waals surface area contributed by atoms with E-state index < -0.39 is 0 Å². The fourth-order valence-electron chi connectivity index (χ4n) is 7.73. The molecule has 228 valence electrons. The lowest BCUT2D eigenvalue weighted by atomic mass is 9.83. The Balaban J connectivity index is 1.28. The Morgan fingerprint density at radius 1 is 0.347 bits per heavy atom. The van der Waals surface area contributed by atoms with Gasteiger partial charge in [-0.05, 0) is 95.5 Å². The summed E-state index contributed by atoms with van der Waals surface area (Å²) in [7, 11) is 0. The minimum atomic E-state index is 0.481. The summed E-state index contributed by atoms with van der Waals surface area (Å²) in [6, 6.07) is 60.2. The summed E-state index contributed by atoms with van der Waals surface area (Å²) in [6.07, 6.45) is 0. The number of furan rings is 1. The van der Waals surface area contributed by atoms with Gasteiger partial charge in [0, 0.05) is 16.3 Å². The van der Waals surface area contributed by atoms with Crippen LogP contribution in [0.25, 0.3) is 98.8 Å². The maximum atomic E-state index is 8.14. The van der Waals surface area contributed by atoms with Crippen LogP contribution in [0.5, 0.6) is 0 Å². The Bertz CT molecular complexity index is 2930. The number of benzene rings is 9. The van der Waals surface area contributed by atoms with Crippen molar-refractivity contribution in [1.82, 2.24) is 0 Å². The fourth-order valence-corrected chi connectivity index (χ4v) is 7.73. The molecule has 0 N–H and O–H groups in total. The molecule has 1 nitrogen and oxygen atoms in total. The van der Waals surface area contributed by atoms with E-state index in [9.17, 15) is 0 Å². The van der Waals surface area contributed by atoms with Crippen LogP contribution < -0.4 is 0 Å². The first-order valence-corrected chi connectivity index (χ1v) is 16.7. The average molecular weight is 625 g/mol. The fraction of sp³-hybridized carbons (Fsp3) is 0. The molecule has 9 aromatic carbocycles. The van der Waals surface area contributed by atoms with Crippen molar-refractivity contribution in [3.05, 3.63) is 182 Å². The molecule has 1 heterocycles. The molecular formula is C48H30O.